The summed E-state index contributed by atoms with van der Waals surface area (Å²) in [6, 6.07) is 0.321. The van der Waals surface area contributed by atoms with Gasteiger partial charge in [-0.25, -0.2) is 0 Å². The molecule has 0 amide bonds. The first-order chi connectivity index (χ1) is 6.29. The van der Waals surface area contributed by atoms with Crippen molar-refractivity contribution in [2.75, 3.05) is 0 Å². The Hall–Kier alpha value is -0.900. The van der Waals surface area contributed by atoms with Crippen LogP contribution >= 0.6 is 0 Å². The summed E-state index contributed by atoms with van der Waals surface area (Å²) in [4.78, 5) is 4.31. The lowest BCUT2D eigenvalue weighted by molar-refractivity contribution is 0.349. The summed E-state index contributed by atoms with van der Waals surface area (Å²) >= 11 is 0. The Morgan fingerprint density at radius 1 is 1.54 bits per heavy atom. The van der Waals surface area contributed by atoms with Gasteiger partial charge in [0.05, 0.1) is 0 Å². The molecule has 1 aromatic rings. The van der Waals surface area contributed by atoms with Crippen molar-refractivity contribution in [1.29, 1.82) is 0 Å². The average molecular weight is 181 g/mol. The maximum Gasteiger partial charge on any atom is 0.229 e. The van der Waals surface area contributed by atoms with Gasteiger partial charge in [-0.05, 0) is 19.3 Å². The molecule has 1 aromatic heterocycles. The van der Waals surface area contributed by atoms with Crippen molar-refractivity contribution in [2.45, 2.75) is 44.6 Å². The van der Waals surface area contributed by atoms with Crippen LogP contribution < -0.4 is 5.73 Å². The van der Waals surface area contributed by atoms with Gasteiger partial charge in [0.2, 0.25) is 5.89 Å². The smallest absolute Gasteiger partial charge is 0.229 e. The van der Waals surface area contributed by atoms with Gasteiger partial charge in [0.15, 0.2) is 5.82 Å². The molecule has 1 saturated carbocycles. The molecule has 2 unspecified atom stereocenters. The van der Waals surface area contributed by atoms with Crippen LogP contribution in [0.4, 0.5) is 0 Å². The highest BCUT2D eigenvalue weighted by Gasteiger charge is 2.27. The Balaban J connectivity index is 2.08. The summed E-state index contributed by atoms with van der Waals surface area (Å²) in [7, 11) is 0. The van der Waals surface area contributed by atoms with Crippen LogP contribution in [-0.2, 0) is 6.42 Å². The minimum absolute atomic E-state index is 0.321. The van der Waals surface area contributed by atoms with Crippen LogP contribution in [0, 0.1) is 0 Å². The molecule has 72 valence electrons. The summed E-state index contributed by atoms with van der Waals surface area (Å²) in [6.07, 6.45) is 3.99. The number of hydrogen-bond acceptors (Lipinski definition) is 4. The quantitative estimate of drug-likeness (QED) is 0.745. The van der Waals surface area contributed by atoms with E-state index in [9.17, 15) is 0 Å². The molecule has 1 aliphatic rings. The first kappa shape index (κ1) is 8.69. The lowest BCUT2D eigenvalue weighted by Crippen LogP contribution is -2.14. The number of aromatic nitrogens is 2. The number of aryl methyl sites for hydroxylation is 1. The van der Waals surface area contributed by atoms with Crippen LogP contribution in [0.2, 0.25) is 0 Å². The van der Waals surface area contributed by atoms with Crippen molar-refractivity contribution in [1.82, 2.24) is 10.1 Å². The average Bonchev–Trinajstić information content (AvgIpc) is 2.71. The van der Waals surface area contributed by atoms with E-state index in [1.807, 2.05) is 6.92 Å². The molecule has 1 fully saturated rings. The van der Waals surface area contributed by atoms with Crippen LogP contribution in [0.1, 0.15) is 43.8 Å². The third-order valence-electron chi connectivity index (χ3n) is 2.62. The topological polar surface area (TPSA) is 64.9 Å². The molecule has 0 bridgehead atoms. The van der Waals surface area contributed by atoms with Crippen molar-refractivity contribution in [3.8, 4) is 0 Å². The Morgan fingerprint density at radius 3 is 2.92 bits per heavy atom. The zero-order chi connectivity index (χ0) is 9.26. The van der Waals surface area contributed by atoms with Crippen LogP contribution in [0.5, 0.6) is 0 Å². The fourth-order valence-corrected chi connectivity index (χ4v) is 1.82. The third-order valence-corrected chi connectivity index (χ3v) is 2.62. The van der Waals surface area contributed by atoms with Gasteiger partial charge in [-0.15, -0.1) is 0 Å². The van der Waals surface area contributed by atoms with Crippen LogP contribution in [-0.4, -0.2) is 16.2 Å². The molecule has 1 aliphatic carbocycles. The second-order valence-electron chi connectivity index (χ2n) is 3.67. The van der Waals surface area contributed by atoms with E-state index in [1.165, 1.54) is 0 Å². The molecule has 2 N–H and O–H groups in total. The van der Waals surface area contributed by atoms with E-state index in [1.54, 1.807) is 0 Å². The number of nitrogens with zero attached hydrogens (tertiary/aromatic N) is 2. The highest BCUT2D eigenvalue weighted by molar-refractivity contribution is 4.98. The maximum atomic E-state index is 5.81. The van der Waals surface area contributed by atoms with Gasteiger partial charge in [0.25, 0.3) is 0 Å². The van der Waals surface area contributed by atoms with Gasteiger partial charge < -0.3 is 10.3 Å². The standard InChI is InChI=1S/C9H15N3O/c1-2-8-11-9(13-12-8)6-3-4-7(10)5-6/h6-7H,2-5,10H2,1H3. The van der Waals surface area contributed by atoms with Gasteiger partial charge >= 0.3 is 0 Å². The molecule has 4 heteroatoms. The molecule has 0 radical (unpaired) electrons. The molecule has 2 atom stereocenters. The van der Waals surface area contributed by atoms with Crippen molar-refractivity contribution in [3.05, 3.63) is 11.7 Å². The number of nitrogens with two attached hydrogens (primary N) is 1. The Kier molecular flexibility index (Phi) is 2.31. The van der Waals surface area contributed by atoms with Crippen molar-refractivity contribution in [2.24, 2.45) is 5.73 Å². The first-order valence-corrected chi connectivity index (χ1v) is 4.87. The van der Waals surface area contributed by atoms with Gasteiger partial charge in [-0.2, -0.15) is 4.98 Å². The summed E-state index contributed by atoms with van der Waals surface area (Å²) in [5.41, 5.74) is 5.81. The molecular weight excluding hydrogens is 166 g/mol. The maximum absolute atomic E-state index is 5.81. The summed E-state index contributed by atoms with van der Waals surface area (Å²) in [5.74, 6) is 1.99. The largest absolute Gasteiger partial charge is 0.339 e. The van der Waals surface area contributed by atoms with Gasteiger partial charge in [-0.3, -0.25) is 0 Å². The van der Waals surface area contributed by atoms with Gasteiger partial charge in [0, 0.05) is 18.4 Å². The fourth-order valence-electron chi connectivity index (χ4n) is 1.82. The summed E-state index contributed by atoms with van der Waals surface area (Å²) in [5, 5.41) is 3.88. The molecule has 13 heavy (non-hydrogen) atoms. The van der Waals surface area contributed by atoms with Crippen molar-refractivity contribution < 1.29 is 4.52 Å². The van der Waals surface area contributed by atoms with Crippen LogP contribution in [0.3, 0.4) is 0 Å². The highest BCUT2D eigenvalue weighted by Crippen LogP contribution is 2.32. The SMILES string of the molecule is CCc1noc(C2CCC(N)C2)n1. The fraction of sp³-hybridized carbons (Fsp3) is 0.778. The minimum Gasteiger partial charge on any atom is -0.339 e. The first-order valence-electron chi connectivity index (χ1n) is 4.87. The lowest BCUT2D eigenvalue weighted by Gasteiger charge is -2.01. The predicted molar refractivity (Wildman–Crippen MR) is 48.2 cm³/mol. The molecular formula is C9H15N3O. The van der Waals surface area contributed by atoms with Gasteiger partial charge in [0.1, 0.15) is 0 Å². The Bertz CT molecular complexity index is 284. The third kappa shape index (κ3) is 1.72. The van der Waals surface area contributed by atoms with E-state index in [-0.39, 0.29) is 0 Å². The predicted octanol–water partition coefficient (Wildman–Crippen LogP) is 1.23. The Labute approximate surface area is 77.5 Å². The molecule has 0 saturated heterocycles. The van der Waals surface area contributed by atoms with E-state index in [0.717, 1.165) is 37.4 Å². The van der Waals surface area contributed by atoms with E-state index in [0.29, 0.717) is 12.0 Å². The normalized spacial score (nSPS) is 28.2. The monoisotopic (exact) mass is 181 g/mol. The molecule has 0 aromatic carbocycles. The molecule has 1 heterocycles. The van der Waals surface area contributed by atoms with E-state index >= 15 is 0 Å². The van der Waals surface area contributed by atoms with Crippen LogP contribution in [0.25, 0.3) is 0 Å². The molecule has 2 rings (SSSR count). The van der Waals surface area contributed by atoms with E-state index in [2.05, 4.69) is 10.1 Å². The zero-order valence-corrected chi connectivity index (χ0v) is 7.86. The Morgan fingerprint density at radius 2 is 2.38 bits per heavy atom. The molecule has 0 aliphatic heterocycles. The van der Waals surface area contributed by atoms with E-state index in [4.69, 9.17) is 10.3 Å². The number of rotatable bonds is 2. The molecule has 4 nitrogen and oxygen atoms in total. The summed E-state index contributed by atoms with van der Waals surface area (Å²) < 4.78 is 5.17. The van der Waals surface area contributed by atoms with Gasteiger partial charge in [-0.1, -0.05) is 12.1 Å². The van der Waals surface area contributed by atoms with E-state index < -0.39 is 0 Å². The van der Waals surface area contributed by atoms with Crippen molar-refractivity contribution >= 4 is 0 Å². The lowest BCUT2D eigenvalue weighted by atomic mass is 10.1. The number of hydrogen-bond donors (Lipinski definition) is 1. The van der Waals surface area contributed by atoms with Crippen molar-refractivity contribution in [3.63, 3.8) is 0 Å². The van der Waals surface area contributed by atoms with Crippen LogP contribution in [0.15, 0.2) is 4.52 Å². The zero-order valence-electron chi connectivity index (χ0n) is 7.86. The minimum atomic E-state index is 0.321. The second kappa shape index (κ2) is 3.46. The highest BCUT2D eigenvalue weighted by atomic mass is 16.5. The summed E-state index contributed by atoms with van der Waals surface area (Å²) in [6.45, 7) is 2.02. The molecule has 0 spiro atoms. The second-order valence-corrected chi connectivity index (χ2v) is 3.67.